The van der Waals surface area contributed by atoms with Gasteiger partial charge in [0.1, 0.15) is 6.33 Å². The second-order valence-electron chi connectivity index (χ2n) is 5.06. The molecule has 6 nitrogen and oxygen atoms in total. The van der Waals surface area contributed by atoms with Gasteiger partial charge in [-0.05, 0) is 65.7 Å². The van der Waals surface area contributed by atoms with E-state index in [4.69, 9.17) is 0 Å². The lowest BCUT2D eigenvalue weighted by atomic mass is 10.1. The van der Waals surface area contributed by atoms with Crippen molar-refractivity contribution in [2.75, 3.05) is 5.32 Å². The molecule has 0 aliphatic carbocycles. The Labute approximate surface area is 127 Å². The van der Waals surface area contributed by atoms with Gasteiger partial charge in [-0.25, -0.2) is 4.68 Å². The summed E-state index contributed by atoms with van der Waals surface area (Å²) >= 11 is 0. The van der Waals surface area contributed by atoms with Gasteiger partial charge >= 0.3 is 0 Å². The van der Waals surface area contributed by atoms with Gasteiger partial charge in [-0.1, -0.05) is 12.1 Å². The van der Waals surface area contributed by atoms with Gasteiger partial charge in [0.2, 0.25) is 0 Å². The molecule has 0 unspecified atom stereocenters. The minimum atomic E-state index is -0.142. The second-order valence-corrected chi connectivity index (χ2v) is 5.06. The van der Waals surface area contributed by atoms with Crippen molar-refractivity contribution in [3.63, 3.8) is 0 Å². The number of amides is 1. The van der Waals surface area contributed by atoms with Crippen LogP contribution in [0.1, 0.15) is 21.5 Å². The largest absolute Gasteiger partial charge is 0.322 e. The fourth-order valence-electron chi connectivity index (χ4n) is 2.09. The van der Waals surface area contributed by atoms with E-state index in [1.807, 2.05) is 56.3 Å². The molecular formula is C16H15N5O. The predicted molar refractivity (Wildman–Crippen MR) is 83.0 cm³/mol. The zero-order valence-corrected chi connectivity index (χ0v) is 12.3. The predicted octanol–water partition coefficient (Wildman–Crippen LogP) is 2.53. The highest BCUT2D eigenvalue weighted by molar-refractivity contribution is 6.04. The van der Waals surface area contributed by atoms with Gasteiger partial charge in [0.25, 0.3) is 5.91 Å². The lowest BCUT2D eigenvalue weighted by molar-refractivity contribution is 0.102. The number of nitrogens with zero attached hydrogens (tertiary/aromatic N) is 4. The lowest BCUT2D eigenvalue weighted by Crippen LogP contribution is -2.12. The Morgan fingerprint density at radius 2 is 1.95 bits per heavy atom. The number of aromatic nitrogens is 4. The summed E-state index contributed by atoms with van der Waals surface area (Å²) in [6.07, 6.45) is 1.50. The summed E-state index contributed by atoms with van der Waals surface area (Å²) in [5.74, 6) is -0.142. The molecule has 1 N–H and O–H groups in total. The van der Waals surface area contributed by atoms with E-state index < -0.39 is 0 Å². The molecule has 0 saturated carbocycles. The topological polar surface area (TPSA) is 72.7 Å². The summed E-state index contributed by atoms with van der Waals surface area (Å²) in [6.45, 7) is 4.01. The van der Waals surface area contributed by atoms with Crippen LogP contribution in [0.25, 0.3) is 5.69 Å². The molecule has 0 spiro atoms. The van der Waals surface area contributed by atoms with E-state index in [0.29, 0.717) is 11.3 Å². The quantitative estimate of drug-likeness (QED) is 0.805. The molecule has 110 valence electrons. The molecule has 0 bridgehead atoms. The van der Waals surface area contributed by atoms with Crippen LogP contribution in [0.5, 0.6) is 0 Å². The lowest BCUT2D eigenvalue weighted by Gasteiger charge is -2.08. The molecule has 0 aliphatic heterocycles. The highest BCUT2D eigenvalue weighted by atomic mass is 16.1. The SMILES string of the molecule is Cc1ccc(C(=O)Nc2cccc(-n3cnnn3)c2)cc1C. The third-order valence-electron chi connectivity index (χ3n) is 3.49. The number of benzene rings is 2. The molecule has 1 amide bonds. The molecule has 22 heavy (non-hydrogen) atoms. The Morgan fingerprint density at radius 1 is 1.09 bits per heavy atom. The molecule has 1 aromatic heterocycles. The molecule has 3 rings (SSSR count). The average molecular weight is 293 g/mol. The standard InChI is InChI=1S/C16H15N5O/c1-11-6-7-13(8-12(11)2)16(22)18-14-4-3-5-15(9-14)21-10-17-19-20-21/h3-10H,1-2H3,(H,18,22). The van der Waals surface area contributed by atoms with Gasteiger partial charge in [0.15, 0.2) is 0 Å². The number of rotatable bonds is 3. The van der Waals surface area contributed by atoms with E-state index in [9.17, 15) is 4.79 Å². The number of anilines is 1. The Hall–Kier alpha value is -3.02. The third kappa shape index (κ3) is 2.85. The number of aryl methyl sites for hydroxylation is 2. The Balaban J connectivity index is 1.82. The van der Waals surface area contributed by atoms with E-state index in [0.717, 1.165) is 16.8 Å². The average Bonchev–Trinajstić information content (AvgIpc) is 3.04. The number of hydrogen-bond donors (Lipinski definition) is 1. The van der Waals surface area contributed by atoms with Gasteiger partial charge in [0.05, 0.1) is 5.69 Å². The highest BCUT2D eigenvalue weighted by Crippen LogP contribution is 2.16. The van der Waals surface area contributed by atoms with Crippen LogP contribution in [0.4, 0.5) is 5.69 Å². The number of nitrogens with one attached hydrogen (secondary N) is 1. The molecule has 1 heterocycles. The fourth-order valence-corrected chi connectivity index (χ4v) is 2.09. The Kier molecular flexibility index (Phi) is 3.65. The Morgan fingerprint density at radius 3 is 2.68 bits per heavy atom. The van der Waals surface area contributed by atoms with E-state index in [1.165, 1.54) is 11.0 Å². The van der Waals surface area contributed by atoms with Gasteiger partial charge < -0.3 is 5.32 Å². The van der Waals surface area contributed by atoms with Crippen LogP contribution in [0.3, 0.4) is 0 Å². The summed E-state index contributed by atoms with van der Waals surface area (Å²) in [5, 5.41) is 13.9. The fraction of sp³-hybridized carbons (Fsp3) is 0.125. The highest BCUT2D eigenvalue weighted by Gasteiger charge is 2.08. The summed E-state index contributed by atoms with van der Waals surface area (Å²) in [7, 11) is 0. The first-order valence-corrected chi connectivity index (χ1v) is 6.85. The summed E-state index contributed by atoms with van der Waals surface area (Å²) < 4.78 is 1.53. The number of carbonyl (C=O) groups is 1. The molecule has 2 aromatic carbocycles. The first-order valence-electron chi connectivity index (χ1n) is 6.85. The molecule has 0 atom stereocenters. The van der Waals surface area contributed by atoms with Crippen molar-refractivity contribution in [1.82, 2.24) is 20.2 Å². The van der Waals surface area contributed by atoms with Crippen molar-refractivity contribution in [3.8, 4) is 5.69 Å². The minimum Gasteiger partial charge on any atom is -0.322 e. The number of hydrogen-bond acceptors (Lipinski definition) is 4. The van der Waals surface area contributed by atoms with Crippen molar-refractivity contribution in [3.05, 3.63) is 65.5 Å². The second kappa shape index (κ2) is 5.77. The van der Waals surface area contributed by atoms with Crippen LogP contribution in [-0.2, 0) is 0 Å². The van der Waals surface area contributed by atoms with Crippen LogP contribution in [0.15, 0.2) is 48.8 Å². The number of tetrazole rings is 1. The van der Waals surface area contributed by atoms with Crippen LogP contribution >= 0.6 is 0 Å². The van der Waals surface area contributed by atoms with Crippen LogP contribution in [-0.4, -0.2) is 26.1 Å². The van der Waals surface area contributed by atoms with Crippen molar-refractivity contribution in [2.24, 2.45) is 0 Å². The summed E-state index contributed by atoms with van der Waals surface area (Å²) in [6, 6.07) is 13.0. The normalized spacial score (nSPS) is 10.5. The van der Waals surface area contributed by atoms with Gasteiger partial charge in [0, 0.05) is 11.3 Å². The third-order valence-corrected chi connectivity index (χ3v) is 3.49. The van der Waals surface area contributed by atoms with Gasteiger partial charge in [-0.2, -0.15) is 0 Å². The molecule has 0 fully saturated rings. The van der Waals surface area contributed by atoms with Crippen LogP contribution in [0, 0.1) is 13.8 Å². The zero-order chi connectivity index (χ0) is 15.5. The first kappa shape index (κ1) is 13.9. The summed E-state index contributed by atoms with van der Waals surface area (Å²) in [4.78, 5) is 12.3. The monoisotopic (exact) mass is 293 g/mol. The minimum absolute atomic E-state index is 0.142. The molecular weight excluding hydrogens is 278 g/mol. The van der Waals surface area contributed by atoms with Crippen molar-refractivity contribution >= 4 is 11.6 Å². The van der Waals surface area contributed by atoms with Gasteiger partial charge in [-0.3, -0.25) is 4.79 Å². The van der Waals surface area contributed by atoms with E-state index >= 15 is 0 Å². The molecule has 0 radical (unpaired) electrons. The molecule has 6 heteroatoms. The van der Waals surface area contributed by atoms with E-state index in [1.54, 1.807) is 0 Å². The van der Waals surface area contributed by atoms with Crippen LogP contribution < -0.4 is 5.32 Å². The van der Waals surface area contributed by atoms with Gasteiger partial charge in [-0.15, -0.1) is 5.10 Å². The van der Waals surface area contributed by atoms with E-state index in [-0.39, 0.29) is 5.91 Å². The zero-order valence-electron chi connectivity index (χ0n) is 12.3. The maximum absolute atomic E-state index is 12.3. The van der Waals surface area contributed by atoms with Crippen LogP contribution in [0.2, 0.25) is 0 Å². The van der Waals surface area contributed by atoms with Crippen molar-refractivity contribution in [2.45, 2.75) is 13.8 Å². The Bertz CT molecular complexity index is 811. The molecule has 0 aliphatic rings. The maximum Gasteiger partial charge on any atom is 0.255 e. The van der Waals surface area contributed by atoms with Crippen molar-refractivity contribution in [1.29, 1.82) is 0 Å². The first-order chi connectivity index (χ1) is 10.6. The summed E-state index contributed by atoms with van der Waals surface area (Å²) in [5.41, 5.74) is 4.36. The smallest absolute Gasteiger partial charge is 0.255 e. The maximum atomic E-state index is 12.3. The number of carbonyl (C=O) groups excluding carboxylic acids is 1. The molecule has 3 aromatic rings. The van der Waals surface area contributed by atoms with Crippen molar-refractivity contribution < 1.29 is 4.79 Å². The van der Waals surface area contributed by atoms with E-state index in [2.05, 4.69) is 20.8 Å². The molecule has 0 saturated heterocycles.